The summed E-state index contributed by atoms with van der Waals surface area (Å²) in [5.74, 6) is 0.424. The quantitative estimate of drug-likeness (QED) is 0.657. The Labute approximate surface area is 162 Å². The zero-order valence-corrected chi connectivity index (χ0v) is 16.9. The predicted octanol–water partition coefficient (Wildman–Crippen LogP) is 3.73. The average molecular weight is 395 g/mol. The number of hydrogen-bond acceptors (Lipinski definition) is 4. The molecule has 7 heteroatoms. The number of benzene rings is 1. The van der Waals surface area contributed by atoms with Gasteiger partial charge in [0.25, 0.3) is 10.0 Å². The number of rotatable bonds is 8. The van der Waals surface area contributed by atoms with Crippen LogP contribution in [0.2, 0.25) is 0 Å². The van der Waals surface area contributed by atoms with Gasteiger partial charge in [-0.2, -0.15) is 0 Å². The molecule has 0 spiro atoms. The molecule has 150 valence electrons. The standard InChI is InChI=1S/C20H30N2O4S/c1-3-4-5-17(14-23)16-8-12-19(13-9-16)27(25,26)22-20(24)21-18-10-6-15(2)7-11-18/h8-9,12-15,17-18H,3-7,10-11H2,1-2H3,(H2,21,22,24). The molecule has 2 rings (SSSR count). The minimum Gasteiger partial charge on any atom is -0.335 e. The van der Waals surface area contributed by atoms with Crippen LogP contribution >= 0.6 is 0 Å². The molecule has 0 bridgehead atoms. The number of carbonyl (C=O) groups is 2. The van der Waals surface area contributed by atoms with E-state index in [4.69, 9.17) is 0 Å². The number of carbonyl (C=O) groups excluding carboxylic acids is 2. The van der Waals surface area contributed by atoms with E-state index < -0.39 is 16.1 Å². The lowest BCUT2D eigenvalue weighted by molar-refractivity contribution is -0.109. The zero-order valence-electron chi connectivity index (χ0n) is 16.1. The number of aldehydes is 1. The summed E-state index contributed by atoms with van der Waals surface area (Å²) in [6.07, 6.45) is 7.38. The van der Waals surface area contributed by atoms with Crippen molar-refractivity contribution in [3.05, 3.63) is 29.8 Å². The molecule has 0 radical (unpaired) electrons. The molecule has 1 saturated carbocycles. The molecule has 27 heavy (non-hydrogen) atoms. The summed E-state index contributed by atoms with van der Waals surface area (Å²) in [5, 5.41) is 2.75. The number of unbranched alkanes of at least 4 members (excludes halogenated alkanes) is 1. The van der Waals surface area contributed by atoms with Gasteiger partial charge in [-0.15, -0.1) is 0 Å². The maximum absolute atomic E-state index is 12.4. The van der Waals surface area contributed by atoms with Crippen molar-refractivity contribution in [3.8, 4) is 0 Å². The van der Waals surface area contributed by atoms with Gasteiger partial charge >= 0.3 is 6.03 Å². The summed E-state index contributed by atoms with van der Waals surface area (Å²) >= 11 is 0. The first-order chi connectivity index (χ1) is 12.9. The molecule has 1 atom stereocenters. The Morgan fingerprint density at radius 1 is 1.19 bits per heavy atom. The lowest BCUT2D eigenvalue weighted by atomic mass is 9.87. The summed E-state index contributed by atoms with van der Waals surface area (Å²) in [5.41, 5.74) is 0.790. The van der Waals surface area contributed by atoms with E-state index in [1.165, 1.54) is 12.1 Å². The normalized spacial score (nSPS) is 21.3. The molecular weight excluding hydrogens is 364 g/mol. The first kappa shape index (κ1) is 21.4. The molecule has 2 N–H and O–H groups in total. The van der Waals surface area contributed by atoms with Crippen molar-refractivity contribution in [2.75, 3.05) is 0 Å². The highest BCUT2D eigenvalue weighted by molar-refractivity contribution is 7.90. The monoisotopic (exact) mass is 394 g/mol. The molecule has 2 amide bonds. The van der Waals surface area contributed by atoms with Gasteiger partial charge in [-0.05, 0) is 55.7 Å². The van der Waals surface area contributed by atoms with Crippen molar-refractivity contribution < 1.29 is 18.0 Å². The molecule has 6 nitrogen and oxygen atoms in total. The van der Waals surface area contributed by atoms with Crippen LogP contribution in [0, 0.1) is 5.92 Å². The molecule has 0 heterocycles. The molecule has 1 aromatic rings. The van der Waals surface area contributed by atoms with E-state index in [2.05, 4.69) is 23.9 Å². The molecule has 1 aliphatic carbocycles. The van der Waals surface area contributed by atoms with Gasteiger partial charge in [0.2, 0.25) is 0 Å². The van der Waals surface area contributed by atoms with Crippen LogP contribution in [-0.2, 0) is 14.8 Å². The maximum Gasteiger partial charge on any atom is 0.328 e. The third-order valence-corrected chi connectivity index (χ3v) is 6.58. The third-order valence-electron chi connectivity index (χ3n) is 5.23. The summed E-state index contributed by atoms with van der Waals surface area (Å²) in [7, 11) is -3.94. The summed E-state index contributed by atoms with van der Waals surface area (Å²) in [6, 6.07) is 5.50. The number of sulfonamides is 1. The highest BCUT2D eigenvalue weighted by atomic mass is 32.2. The van der Waals surface area contributed by atoms with Crippen molar-refractivity contribution in [2.45, 2.75) is 75.6 Å². The smallest absolute Gasteiger partial charge is 0.328 e. The van der Waals surface area contributed by atoms with Crippen LogP contribution in [0.15, 0.2) is 29.2 Å². The number of amides is 2. The third kappa shape index (κ3) is 6.34. The first-order valence-corrected chi connectivity index (χ1v) is 11.2. The number of hydrogen-bond donors (Lipinski definition) is 2. The number of nitrogens with one attached hydrogen (secondary N) is 2. The van der Waals surface area contributed by atoms with Gasteiger partial charge in [-0.25, -0.2) is 17.9 Å². The second kappa shape index (κ2) is 9.88. The van der Waals surface area contributed by atoms with Crippen LogP contribution in [0.1, 0.15) is 70.3 Å². The van der Waals surface area contributed by atoms with Crippen LogP contribution in [0.4, 0.5) is 4.79 Å². The minimum atomic E-state index is -3.94. The second-order valence-electron chi connectivity index (χ2n) is 7.49. The average Bonchev–Trinajstić information content (AvgIpc) is 2.64. The lowest BCUT2D eigenvalue weighted by Crippen LogP contribution is -2.45. The molecule has 0 aliphatic heterocycles. The van der Waals surface area contributed by atoms with Crippen molar-refractivity contribution in [3.63, 3.8) is 0 Å². The fraction of sp³-hybridized carbons (Fsp3) is 0.600. The van der Waals surface area contributed by atoms with Crippen molar-refractivity contribution in [1.29, 1.82) is 0 Å². The Kier molecular flexibility index (Phi) is 7.83. The van der Waals surface area contributed by atoms with E-state index >= 15 is 0 Å². The van der Waals surface area contributed by atoms with E-state index in [9.17, 15) is 18.0 Å². The summed E-state index contributed by atoms with van der Waals surface area (Å²) < 4.78 is 26.9. The van der Waals surface area contributed by atoms with Gasteiger partial charge in [-0.3, -0.25) is 0 Å². The molecule has 1 unspecified atom stereocenters. The van der Waals surface area contributed by atoms with Crippen molar-refractivity contribution in [2.24, 2.45) is 5.92 Å². The van der Waals surface area contributed by atoms with Crippen molar-refractivity contribution in [1.82, 2.24) is 10.0 Å². The molecule has 0 saturated heterocycles. The van der Waals surface area contributed by atoms with Gasteiger partial charge < -0.3 is 10.1 Å². The zero-order chi connectivity index (χ0) is 19.9. The van der Waals surface area contributed by atoms with E-state index in [1.807, 2.05) is 0 Å². The Morgan fingerprint density at radius 3 is 2.37 bits per heavy atom. The van der Waals surface area contributed by atoms with E-state index in [0.29, 0.717) is 5.92 Å². The number of urea groups is 1. The van der Waals surface area contributed by atoms with Crippen LogP contribution < -0.4 is 10.0 Å². The molecule has 1 aliphatic rings. The van der Waals surface area contributed by atoms with Crippen LogP contribution in [-0.4, -0.2) is 26.8 Å². The van der Waals surface area contributed by atoms with Crippen molar-refractivity contribution >= 4 is 22.3 Å². The fourth-order valence-electron chi connectivity index (χ4n) is 3.43. The first-order valence-electron chi connectivity index (χ1n) is 9.74. The highest BCUT2D eigenvalue weighted by Gasteiger charge is 2.23. The lowest BCUT2D eigenvalue weighted by Gasteiger charge is -2.26. The summed E-state index contributed by atoms with van der Waals surface area (Å²) in [4.78, 5) is 23.4. The molecular formula is C20H30N2O4S. The fourth-order valence-corrected chi connectivity index (χ4v) is 4.35. The van der Waals surface area contributed by atoms with Gasteiger partial charge in [0, 0.05) is 12.0 Å². The predicted molar refractivity (Wildman–Crippen MR) is 105 cm³/mol. The Balaban J connectivity index is 1.97. The Hall–Kier alpha value is -1.89. The van der Waals surface area contributed by atoms with E-state index in [0.717, 1.165) is 56.8 Å². The Bertz CT molecular complexity index is 723. The Morgan fingerprint density at radius 2 is 1.81 bits per heavy atom. The molecule has 0 aromatic heterocycles. The SMILES string of the molecule is CCCCC(C=O)c1ccc(S(=O)(=O)NC(=O)NC2CCC(C)CC2)cc1. The van der Waals surface area contributed by atoms with Crippen LogP contribution in [0.3, 0.4) is 0 Å². The van der Waals surface area contributed by atoms with Gasteiger partial charge in [0.15, 0.2) is 0 Å². The second-order valence-corrected chi connectivity index (χ2v) is 9.17. The molecule has 1 fully saturated rings. The highest BCUT2D eigenvalue weighted by Crippen LogP contribution is 2.24. The van der Waals surface area contributed by atoms with Gasteiger partial charge in [-0.1, -0.05) is 38.8 Å². The largest absolute Gasteiger partial charge is 0.335 e. The molecule has 1 aromatic carbocycles. The van der Waals surface area contributed by atoms with Crippen LogP contribution in [0.25, 0.3) is 0 Å². The van der Waals surface area contributed by atoms with Gasteiger partial charge in [0.1, 0.15) is 6.29 Å². The topological polar surface area (TPSA) is 92.3 Å². The van der Waals surface area contributed by atoms with Crippen LogP contribution in [0.5, 0.6) is 0 Å². The summed E-state index contributed by atoms with van der Waals surface area (Å²) in [6.45, 7) is 4.24. The minimum absolute atomic E-state index is 0.0128. The van der Waals surface area contributed by atoms with E-state index in [1.54, 1.807) is 12.1 Å². The van der Waals surface area contributed by atoms with Gasteiger partial charge in [0.05, 0.1) is 4.90 Å². The maximum atomic E-state index is 12.4. The van der Waals surface area contributed by atoms with E-state index in [-0.39, 0.29) is 16.9 Å².